The van der Waals surface area contributed by atoms with Crippen LogP contribution in [0, 0.1) is 0 Å². The van der Waals surface area contributed by atoms with Crippen molar-refractivity contribution >= 4 is 32.6 Å². The van der Waals surface area contributed by atoms with Crippen LogP contribution in [0.5, 0.6) is 0 Å². The number of nitrogens with zero attached hydrogens (tertiary/aromatic N) is 1. The molecule has 0 atom stereocenters. The molecule has 6 aromatic carbocycles. The Balaban J connectivity index is 1.45. The van der Waals surface area contributed by atoms with Crippen molar-refractivity contribution < 1.29 is 4.42 Å². The summed E-state index contributed by atoms with van der Waals surface area (Å²) in [7, 11) is 0. The Morgan fingerprint density at radius 2 is 1.18 bits per heavy atom. The number of aromatic nitrogens is 1. The third kappa shape index (κ3) is 4.19. The van der Waals surface area contributed by atoms with Gasteiger partial charge < -0.3 is 4.42 Å². The van der Waals surface area contributed by atoms with E-state index < -0.39 is 0 Å². The van der Waals surface area contributed by atoms with Gasteiger partial charge in [0, 0.05) is 5.56 Å². The molecule has 2 nitrogen and oxygen atoms in total. The fourth-order valence-corrected chi connectivity index (χ4v) is 5.76. The Hall–Kier alpha value is -4.69. The summed E-state index contributed by atoms with van der Waals surface area (Å²) in [6.45, 7) is 2.26. The monoisotopic (exact) mass is 503 g/mol. The first-order valence-corrected chi connectivity index (χ1v) is 13.8. The molecule has 39 heavy (non-hydrogen) atoms. The molecular weight excluding hydrogens is 474 g/mol. The molecule has 2 heteroatoms. The zero-order valence-electron chi connectivity index (χ0n) is 22.0. The Kier molecular flexibility index (Phi) is 5.94. The zero-order chi connectivity index (χ0) is 26.2. The van der Waals surface area contributed by atoms with E-state index in [1.165, 1.54) is 62.2 Å². The summed E-state index contributed by atoms with van der Waals surface area (Å²) in [5.74, 6) is 0.650. The average Bonchev–Trinajstić information content (AvgIpc) is 3.44. The first-order valence-electron chi connectivity index (χ1n) is 13.8. The van der Waals surface area contributed by atoms with Gasteiger partial charge in [-0.15, -0.1) is 0 Å². The molecular formula is C37H29NO. The van der Waals surface area contributed by atoms with Gasteiger partial charge in [-0.1, -0.05) is 110 Å². The highest BCUT2D eigenvalue weighted by molar-refractivity contribution is 6.21. The third-order valence-corrected chi connectivity index (χ3v) is 7.68. The van der Waals surface area contributed by atoms with Gasteiger partial charge in [0.15, 0.2) is 5.58 Å². The smallest absolute Gasteiger partial charge is 0.227 e. The lowest BCUT2D eigenvalue weighted by Crippen LogP contribution is -1.93. The summed E-state index contributed by atoms with van der Waals surface area (Å²) in [5.41, 5.74) is 9.09. The van der Waals surface area contributed by atoms with Crippen LogP contribution in [-0.2, 0) is 6.42 Å². The highest BCUT2D eigenvalue weighted by Gasteiger charge is 2.17. The Morgan fingerprint density at radius 3 is 1.92 bits per heavy atom. The lowest BCUT2D eigenvalue weighted by Gasteiger charge is -2.18. The molecule has 0 saturated carbocycles. The lowest BCUT2D eigenvalue weighted by atomic mass is 9.85. The molecule has 0 saturated heterocycles. The van der Waals surface area contributed by atoms with Gasteiger partial charge in [-0.25, -0.2) is 4.98 Å². The van der Waals surface area contributed by atoms with Crippen molar-refractivity contribution in [2.24, 2.45) is 0 Å². The summed E-state index contributed by atoms with van der Waals surface area (Å²) in [5, 5.41) is 5.13. The molecule has 0 amide bonds. The highest BCUT2D eigenvalue weighted by Crippen LogP contribution is 2.44. The van der Waals surface area contributed by atoms with Crippen LogP contribution in [0.25, 0.3) is 66.4 Å². The van der Waals surface area contributed by atoms with E-state index in [9.17, 15) is 0 Å². The second-order valence-electron chi connectivity index (χ2n) is 10.2. The number of oxazole rings is 1. The van der Waals surface area contributed by atoms with Gasteiger partial charge in [0.25, 0.3) is 0 Å². The van der Waals surface area contributed by atoms with Gasteiger partial charge in [0.2, 0.25) is 5.89 Å². The predicted molar refractivity (Wildman–Crippen MR) is 164 cm³/mol. The molecule has 188 valence electrons. The summed E-state index contributed by atoms with van der Waals surface area (Å²) in [4.78, 5) is 4.70. The van der Waals surface area contributed by atoms with Crippen LogP contribution in [0.3, 0.4) is 0 Å². The first kappa shape index (κ1) is 23.4. The lowest BCUT2D eigenvalue weighted by molar-refractivity contribution is 0.620. The molecule has 1 heterocycles. The zero-order valence-corrected chi connectivity index (χ0v) is 22.0. The van der Waals surface area contributed by atoms with Crippen molar-refractivity contribution in [1.82, 2.24) is 4.98 Å². The van der Waals surface area contributed by atoms with E-state index in [2.05, 4.69) is 104 Å². The van der Waals surface area contributed by atoms with E-state index in [0.29, 0.717) is 5.89 Å². The number of rotatable bonds is 6. The van der Waals surface area contributed by atoms with Crippen LogP contribution < -0.4 is 0 Å². The number of fused-ring (bicyclic) bond motifs is 3. The van der Waals surface area contributed by atoms with Crippen LogP contribution in [0.2, 0.25) is 0 Å². The molecule has 0 radical (unpaired) electrons. The molecule has 7 rings (SSSR count). The second kappa shape index (κ2) is 9.89. The average molecular weight is 504 g/mol. The minimum atomic E-state index is 0.650. The number of para-hydroxylation sites is 2. The summed E-state index contributed by atoms with van der Waals surface area (Å²) >= 11 is 0. The summed E-state index contributed by atoms with van der Waals surface area (Å²) in [6.07, 6.45) is 3.49. The SMILES string of the molecule is CCCCc1ccc2c(-c3ccc(-c4nc5ccccc5o4)cc3)c3ccccc3c(-c3ccccc3)c2c1. The second-order valence-corrected chi connectivity index (χ2v) is 10.2. The largest absolute Gasteiger partial charge is 0.436 e. The van der Waals surface area contributed by atoms with Gasteiger partial charge in [-0.2, -0.15) is 0 Å². The van der Waals surface area contributed by atoms with E-state index >= 15 is 0 Å². The van der Waals surface area contributed by atoms with Crippen molar-refractivity contribution in [3.05, 3.63) is 127 Å². The highest BCUT2D eigenvalue weighted by atomic mass is 16.3. The Bertz CT molecular complexity index is 1900. The number of hydrogen-bond donors (Lipinski definition) is 0. The minimum absolute atomic E-state index is 0.650. The maximum Gasteiger partial charge on any atom is 0.227 e. The topological polar surface area (TPSA) is 26.0 Å². The minimum Gasteiger partial charge on any atom is -0.436 e. The van der Waals surface area contributed by atoms with Crippen molar-refractivity contribution in [1.29, 1.82) is 0 Å². The van der Waals surface area contributed by atoms with E-state index in [1.54, 1.807) is 0 Å². The standard InChI is InChI=1S/C37H29NO/c1-2-3-11-25-18-23-31-32(24-25)36(26-12-5-4-6-13-26)30-15-8-7-14-29(30)35(31)27-19-21-28(22-20-27)37-38-33-16-9-10-17-34(33)39-37/h4-10,12-24H,2-3,11H2,1H3. The third-order valence-electron chi connectivity index (χ3n) is 7.68. The molecule has 0 fully saturated rings. The predicted octanol–water partition coefficient (Wildman–Crippen LogP) is 10.5. The number of unbranched alkanes of at least 4 members (excludes halogenated alkanes) is 1. The number of aryl methyl sites for hydroxylation is 1. The van der Waals surface area contributed by atoms with Gasteiger partial charge in [0.05, 0.1) is 0 Å². The van der Waals surface area contributed by atoms with E-state index in [1.807, 2.05) is 24.3 Å². The van der Waals surface area contributed by atoms with Crippen LogP contribution in [-0.4, -0.2) is 4.98 Å². The van der Waals surface area contributed by atoms with Crippen molar-refractivity contribution in [3.8, 4) is 33.7 Å². The van der Waals surface area contributed by atoms with Gasteiger partial charge >= 0.3 is 0 Å². The molecule has 0 aliphatic heterocycles. The molecule has 0 unspecified atom stereocenters. The fraction of sp³-hybridized carbons (Fsp3) is 0.108. The van der Waals surface area contributed by atoms with Crippen LogP contribution in [0.1, 0.15) is 25.3 Å². The van der Waals surface area contributed by atoms with Crippen LogP contribution >= 0.6 is 0 Å². The maximum absolute atomic E-state index is 6.04. The van der Waals surface area contributed by atoms with Gasteiger partial charge in [-0.05, 0) is 86.5 Å². The molecule has 0 aliphatic carbocycles. The summed E-state index contributed by atoms with van der Waals surface area (Å²) < 4.78 is 6.04. The van der Waals surface area contributed by atoms with E-state index in [4.69, 9.17) is 9.40 Å². The van der Waals surface area contributed by atoms with Crippen molar-refractivity contribution in [2.75, 3.05) is 0 Å². The van der Waals surface area contributed by atoms with Gasteiger partial charge in [0.1, 0.15) is 5.52 Å². The van der Waals surface area contributed by atoms with Crippen LogP contribution in [0.15, 0.2) is 126 Å². The molecule has 0 spiro atoms. The summed E-state index contributed by atoms with van der Waals surface area (Å²) in [6, 6.07) is 43.3. The van der Waals surface area contributed by atoms with Gasteiger partial charge in [-0.3, -0.25) is 0 Å². The Labute approximate surface area is 228 Å². The van der Waals surface area contributed by atoms with Crippen LogP contribution in [0.4, 0.5) is 0 Å². The maximum atomic E-state index is 6.04. The number of hydrogen-bond acceptors (Lipinski definition) is 2. The molecule has 0 bridgehead atoms. The van der Waals surface area contributed by atoms with E-state index in [-0.39, 0.29) is 0 Å². The van der Waals surface area contributed by atoms with Crippen molar-refractivity contribution in [2.45, 2.75) is 26.2 Å². The van der Waals surface area contributed by atoms with E-state index in [0.717, 1.165) is 23.1 Å². The molecule has 0 aliphatic rings. The fourth-order valence-electron chi connectivity index (χ4n) is 5.76. The normalized spacial score (nSPS) is 11.5. The van der Waals surface area contributed by atoms with Crippen molar-refractivity contribution in [3.63, 3.8) is 0 Å². The molecule has 1 aromatic heterocycles. The Morgan fingerprint density at radius 1 is 0.564 bits per heavy atom. The quantitative estimate of drug-likeness (QED) is 0.211. The molecule has 7 aromatic rings. The molecule has 0 N–H and O–H groups in total. The number of benzene rings is 6. The first-order chi connectivity index (χ1) is 19.3.